The van der Waals surface area contributed by atoms with Gasteiger partial charge in [0.05, 0.1) is 29.7 Å². The minimum atomic E-state index is -2.28. The molecule has 4 heterocycles. The summed E-state index contributed by atoms with van der Waals surface area (Å²) < 4.78 is 31.0. The third-order valence-electron chi connectivity index (χ3n) is 5.44. The molecule has 1 aliphatic carbocycles. The van der Waals surface area contributed by atoms with Gasteiger partial charge in [-0.05, 0) is 25.2 Å². The summed E-state index contributed by atoms with van der Waals surface area (Å²) in [5.41, 5.74) is 3.29. The largest absolute Gasteiger partial charge is 0.284 e. The molecule has 0 radical (unpaired) electrons. The second kappa shape index (κ2) is 7.06. The summed E-state index contributed by atoms with van der Waals surface area (Å²) in [5.74, 6) is 1.15. The topological polar surface area (TPSA) is 65.8 Å². The minimum Gasteiger partial charge on any atom is -0.284 e. The fourth-order valence-corrected chi connectivity index (χ4v) is 3.82. The van der Waals surface area contributed by atoms with Crippen LogP contribution in [0.25, 0.3) is 28.3 Å². The minimum absolute atomic E-state index is 0.0116. The lowest BCUT2D eigenvalue weighted by atomic mass is 10.1. The fourth-order valence-electron chi connectivity index (χ4n) is 3.82. The van der Waals surface area contributed by atoms with E-state index in [1.807, 2.05) is 40.8 Å². The Kier molecular flexibility index (Phi) is 4.37. The van der Waals surface area contributed by atoms with Crippen LogP contribution in [0.5, 0.6) is 0 Å². The Labute approximate surface area is 166 Å². The smallest absolute Gasteiger partial charge is 0.238 e. The Balaban J connectivity index is 1.53. The Morgan fingerprint density at radius 1 is 1.10 bits per heavy atom. The highest BCUT2D eigenvalue weighted by molar-refractivity contribution is 5.68. The van der Waals surface area contributed by atoms with Gasteiger partial charge in [0.1, 0.15) is 11.5 Å². The van der Waals surface area contributed by atoms with Crippen molar-refractivity contribution < 1.29 is 8.78 Å². The molecule has 0 aliphatic heterocycles. The van der Waals surface area contributed by atoms with Crippen LogP contribution in [0.2, 0.25) is 0 Å². The first-order valence-corrected chi connectivity index (χ1v) is 9.74. The normalized spacial score (nSPS) is 15.4. The number of rotatable bonds is 7. The molecule has 0 spiro atoms. The van der Waals surface area contributed by atoms with Crippen molar-refractivity contribution in [1.29, 1.82) is 0 Å². The van der Waals surface area contributed by atoms with Gasteiger partial charge in [0.2, 0.25) is 6.43 Å². The van der Waals surface area contributed by atoms with Crippen LogP contribution in [-0.2, 0) is 7.05 Å². The first kappa shape index (κ1) is 18.0. The predicted octanol–water partition coefficient (Wildman–Crippen LogP) is 3.99. The molecule has 1 fully saturated rings. The van der Waals surface area contributed by atoms with Crippen molar-refractivity contribution in [3.63, 3.8) is 0 Å². The molecule has 0 N–H and O–H groups in total. The van der Waals surface area contributed by atoms with Gasteiger partial charge in [-0.3, -0.25) is 13.8 Å². The lowest BCUT2D eigenvalue weighted by Gasteiger charge is -2.16. The van der Waals surface area contributed by atoms with Crippen LogP contribution < -0.4 is 0 Å². The molecule has 0 amide bonds. The van der Waals surface area contributed by atoms with Crippen molar-refractivity contribution in [3.8, 4) is 22.6 Å². The van der Waals surface area contributed by atoms with E-state index in [-0.39, 0.29) is 12.5 Å². The second-order valence-electron chi connectivity index (χ2n) is 7.61. The summed E-state index contributed by atoms with van der Waals surface area (Å²) in [6.07, 6.45) is 11.1. The van der Waals surface area contributed by atoms with Crippen LogP contribution in [0.3, 0.4) is 0 Å². The summed E-state index contributed by atoms with van der Waals surface area (Å²) in [6.45, 7) is 0. The lowest BCUT2D eigenvalue weighted by molar-refractivity contribution is 0.125. The molecule has 5 rings (SSSR count). The van der Waals surface area contributed by atoms with E-state index in [0.717, 1.165) is 35.3 Å². The Hall–Kier alpha value is -3.10. The standard InChI is InChI=1S/C20H21F2N7/c1-27-11-14(9-24-27)16-8-19-23-6-7-28(19)20(26-16)15-10-25-29(12-15)17(13-2-3-13)4-5-18(21)22/h6-13,17-18H,2-5H2,1H3. The summed E-state index contributed by atoms with van der Waals surface area (Å²) in [7, 11) is 1.86. The van der Waals surface area contributed by atoms with Crippen molar-refractivity contribution in [2.24, 2.45) is 13.0 Å². The van der Waals surface area contributed by atoms with Crippen molar-refractivity contribution in [1.82, 2.24) is 33.9 Å². The van der Waals surface area contributed by atoms with E-state index >= 15 is 0 Å². The zero-order valence-electron chi connectivity index (χ0n) is 16.0. The van der Waals surface area contributed by atoms with Crippen molar-refractivity contribution in [2.75, 3.05) is 0 Å². The Bertz CT molecular complexity index is 1140. The van der Waals surface area contributed by atoms with E-state index in [9.17, 15) is 8.78 Å². The molecule has 29 heavy (non-hydrogen) atoms. The molecule has 0 aromatic carbocycles. The number of imidazole rings is 1. The number of fused-ring (bicyclic) bond motifs is 1. The molecule has 1 unspecified atom stereocenters. The van der Waals surface area contributed by atoms with Crippen molar-refractivity contribution in [3.05, 3.63) is 43.2 Å². The van der Waals surface area contributed by atoms with Crippen molar-refractivity contribution in [2.45, 2.75) is 38.2 Å². The molecule has 1 aliphatic rings. The number of hydrogen-bond donors (Lipinski definition) is 0. The molecular formula is C20H21F2N7. The quantitative estimate of drug-likeness (QED) is 0.473. The second-order valence-corrected chi connectivity index (χ2v) is 7.61. The number of alkyl halides is 2. The fraction of sp³-hybridized carbons (Fsp3) is 0.400. The van der Waals surface area contributed by atoms with Gasteiger partial charge in [0.15, 0.2) is 0 Å². The molecule has 1 saturated carbocycles. The first-order chi connectivity index (χ1) is 14.1. The summed E-state index contributed by atoms with van der Waals surface area (Å²) in [6, 6.07) is 1.93. The van der Waals surface area contributed by atoms with Gasteiger partial charge in [-0.1, -0.05) is 0 Å². The third-order valence-corrected chi connectivity index (χ3v) is 5.44. The highest BCUT2D eigenvalue weighted by atomic mass is 19.3. The maximum absolute atomic E-state index is 12.8. The van der Waals surface area contributed by atoms with E-state index < -0.39 is 6.43 Å². The van der Waals surface area contributed by atoms with Crippen LogP contribution in [0.1, 0.15) is 31.7 Å². The highest BCUT2D eigenvalue weighted by Crippen LogP contribution is 2.42. The zero-order chi connectivity index (χ0) is 20.0. The summed E-state index contributed by atoms with van der Waals surface area (Å²) >= 11 is 0. The van der Waals surface area contributed by atoms with Gasteiger partial charge in [-0.2, -0.15) is 10.2 Å². The number of nitrogens with zero attached hydrogens (tertiary/aromatic N) is 7. The zero-order valence-corrected chi connectivity index (χ0v) is 16.0. The highest BCUT2D eigenvalue weighted by Gasteiger charge is 2.33. The summed E-state index contributed by atoms with van der Waals surface area (Å²) in [5, 5.41) is 8.73. The maximum Gasteiger partial charge on any atom is 0.238 e. The molecular weight excluding hydrogens is 376 g/mol. The van der Waals surface area contributed by atoms with E-state index in [1.165, 1.54) is 0 Å². The SMILES string of the molecule is Cn1cc(-c2cc3nccn3c(-c3cnn(C(CCC(F)F)C4CC4)c3)n2)cn1. The monoisotopic (exact) mass is 397 g/mol. The number of aryl methyl sites for hydroxylation is 1. The van der Waals surface area contributed by atoms with E-state index in [0.29, 0.717) is 18.2 Å². The molecule has 0 saturated heterocycles. The molecule has 150 valence electrons. The number of halogens is 2. The van der Waals surface area contributed by atoms with E-state index in [1.54, 1.807) is 23.3 Å². The molecule has 7 nitrogen and oxygen atoms in total. The van der Waals surface area contributed by atoms with Crippen LogP contribution in [-0.4, -0.2) is 40.4 Å². The van der Waals surface area contributed by atoms with Gasteiger partial charge >= 0.3 is 0 Å². The number of aromatic nitrogens is 7. The van der Waals surface area contributed by atoms with E-state index in [4.69, 9.17) is 4.98 Å². The average Bonchev–Trinajstić information content (AvgIpc) is 3.10. The van der Waals surface area contributed by atoms with Gasteiger partial charge in [0, 0.05) is 49.9 Å². The Morgan fingerprint density at radius 3 is 2.66 bits per heavy atom. The molecule has 4 aromatic rings. The van der Waals surface area contributed by atoms with Crippen molar-refractivity contribution >= 4 is 5.65 Å². The average molecular weight is 397 g/mol. The van der Waals surface area contributed by atoms with Crippen LogP contribution >= 0.6 is 0 Å². The summed E-state index contributed by atoms with van der Waals surface area (Å²) in [4.78, 5) is 9.24. The first-order valence-electron chi connectivity index (χ1n) is 9.74. The molecule has 4 aromatic heterocycles. The van der Waals surface area contributed by atoms with Gasteiger partial charge in [-0.15, -0.1) is 0 Å². The van der Waals surface area contributed by atoms with Gasteiger partial charge in [-0.25, -0.2) is 18.7 Å². The van der Waals surface area contributed by atoms with Crippen LogP contribution in [0, 0.1) is 5.92 Å². The Morgan fingerprint density at radius 2 is 1.93 bits per heavy atom. The predicted molar refractivity (Wildman–Crippen MR) is 103 cm³/mol. The third kappa shape index (κ3) is 3.52. The molecule has 1 atom stereocenters. The lowest BCUT2D eigenvalue weighted by Crippen LogP contribution is -2.13. The van der Waals surface area contributed by atoms with Gasteiger partial charge < -0.3 is 0 Å². The number of hydrogen-bond acceptors (Lipinski definition) is 4. The molecule has 9 heteroatoms. The maximum atomic E-state index is 12.8. The van der Waals surface area contributed by atoms with Crippen LogP contribution in [0.15, 0.2) is 43.2 Å². The molecule has 0 bridgehead atoms. The van der Waals surface area contributed by atoms with Gasteiger partial charge in [0.25, 0.3) is 0 Å². The van der Waals surface area contributed by atoms with E-state index in [2.05, 4.69) is 15.2 Å². The van der Waals surface area contributed by atoms with Crippen LogP contribution in [0.4, 0.5) is 8.78 Å².